The summed E-state index contributed by atoms with van der Waals surface area (Å²) in [6.45, 7) is 8.14. The standard InChI is InChI=1S/C35H41F8N3O4/c1-17(2)10-26(46-16-21(8-9-45(6)7)23(14-27(46)47)34(38,39)40)33(50)44-25(15-28(48)49)30-31(36)22(13-24(32(30)37)35(41,42)43)29-19(4)11-18(3)12-20(29)5/h11-14,16-17,25-26,28,48-49H,8-10,15H2,1-7H3,(H,44,50)/t25-,26-/m0/s1. The van der Waals surface area contributed by atoms with Crippen LogP contribution in [0.4, 0.5) is 35.1 Å². The van der Waals surface area contributed by atoms with Gasteiger partial charge in [0.25, 0.3) is 5.56 Å². The second-order valence-electron chi connectivity index (χ2n) is 13.2. The fourth-order valence-corrected chi connectivity index (χ4v) is 6.12. The Hall–Kier alpha value is -3.82. The van der Waals surface area contributed by atoms with Gasteiger partial charge >= 0.3 is 12.4 Å². The maximum Gasteiger partial charge on any atom is 0.419 e. The maximum absolute atomic E-state index is 16.5. The molecule has 0 aliphatic rings. The molecular formula is C35H41F8N3O4. The first-order chi connectivity index (χ1) is 22.9. The lowest BCUT2D eigenvalue weighted by Crippen LogP contribution is -2.41. The van der Waals surface area contributed by atoms with Crippen LogP contribution in [0.1, 0.15) is 77.7 Å². The molecule has 0 spiro atoms. The zero-order chi connectivity index (χ0) is 38.0. The van der Waals surface area contributed by atoms with Gasteiger partial charge in [-0.1, -0.05) is 31.5 Å². The number of nitrogens with one attached hydrogen (secondary N) is 1. The van der Waals surface area contributed by atoms with Gasteiger partial charge in [0.15, 0.2) is 6.29 Å². The second kappa shape index (κ2) is 15.6. The third-order valence-corrected chi connectivity index (χ3v) is 8.23. The molecular weight excluding hydrogens is 678 g/mol. The largest absolute Gasteiger partial charge is 0.419 e. The molecule has 0 radical (unpaired) electrons. The molecule has 276 valence electrons. The fraction of sp³-hybridized carbons (Fsp3) is 0.486. The second-order valence-corrected chi connectivity index (χ2v) is 13.2. The van der Waals surface area contributed by atoms with Crippen LogP contribution in [-0.2, 0) is 23.6 Å². The Morgan fingerprint density at radius 1 is 0.880 bits per heavy atom. The van der Waals surface area contributed by atoms with Crippen molar-refractivity contribution in [3.05, 3.63) is 91.4 Å². The Morgan fingerprint density at radius 3 is 1.92 bits per heavy atom. The predicted octanol–water partition coefficient (Wildman–Crippen LogP) is 7.01. The molecule has 2 atom stereocenters. The molecule has 2 aromatic carbocycles. The van der Waals surface area contributed by atoms with E-state index in [0.29, 0.717) is 23.3 Å². The summed E-state index contributed by atoms with van der Waals surface area (Å²) in [5.41, 5.74) is -5.15. The first-order valence-corrected chi connectivity index (χ1v) is 15.7. The number of hydrogen-bond donors (Lipinski definition) is 3. The van der Waals surface area contributed by atoms with E-state index in [4.69, 9.17) is 0 Å². The van der Waals surface area contributed by atoms with Crippen LogP contribution in [-0.4, -0.2) is 52.5 Å². The van der Waals surface area contributed by atoms with Crippen molar-refractivity contribution in [1.29, 1.82) is 0 Å². The van der Waals surface area contributed by atoms with E-state index < -0.39 is 88.4 Å². The minimum Gasteiger partial charge on any atom is -0.368 e. The van der Waals surface area contributed by atoms with E-state index in [-0.39, 0.29) is 30.5 Å². The molecule has 0 aliphatic heterocycles. The van der Waals surface area contributed by atoms with E-state index in [1.54, 1.807) is 51.9 Å². The van der Waals surface area contributed by atoms with Gasteiger partial charge in [0.2, 0.25) is 5.91 Å². The monoisotopic (exact) mass is 719 g/mol. The molecule has 0 aliphatic carbocycles. The van der Waals surface area contributed by atoms with Crippen LogP contribution < -0.4 is 10.9 Å². The van der Waals surface area contributed by atoms with Gasteiger partial charge in [-0.05, 0) is 81.9 Å². The van der Waals surface area contributed by atoms with Crippen molar-refractivity contribution in [2.24, 2.45) is 5.92 Å². The Labute approximate surface area is 284 Å². The molecule has 0 saturated carbocycles. The number of carbonyl (C=O) groups excluding carboxylic acids is 1. The zero-order valence-electron chi connectivity index (χ0n) is 28.7. The highest BCUT2D eigenvalue weighted by Gasteiger charge is 2.41. The number of alkyl halides is 6. The number of benzene rings is 2. The fourth-order valence-electron chi connectivity index (χ4n) is 6.12. The van der Waals surface area contributed by atoms with Crippen molar-refractivity contribution >= 4 is 5.91 Å². The number of amides is 1. The van der Waals surface area contributed by atoms with Crippen molar-refractivity contribution in [1.82, 2.24) is 14.8 Å². The summed E-state index contributed by atoms with van der Waals surface area (Å²) in [5, 5.41) is 21.9. The summed E-state index contributed by atoms with van der Waals surface area (Å²) in [6.07, 6.45) is -13.2. The van der Waals surface area contributed by atoms with Gasteiger partial charge in [-0.3, -0.25) is 9.59 Å². The molecule has 1 amide bonds. The van der Waals surface area contributed by atoms with E-state index in [9.17, 15) is 46.1 Å². The maximum atomic E-state index is 16.5. The highest BCUT2D eigenvalue weighted by Crippen LogP contribution is 2.42. The molecule has 3 aromatic rings. The molecule has 0 fully saturated rings. The van der Waals surface area contributed by atoms with Gasteiger partial charge < -0.3 is 25.0 Å². The molecule has 0 unspecified atom stereocenters. The molecule has 50 heavy (non-hydrogen) atoms. The van der Waals surface area contributed by atoms with Gasteiger partial charge in [-0.25, -0.2) is 8.78 Å². The van der Waals surface area contributed by atoms with E-state index in [1.807, 2.05) is 0 Å². The number of pyridine rings is 1. The first kappa shape index (κ1) is 40.6. The first-order valence-electron chi connectivity index (χ1n) is 15.7. The topological polar surface area (TPSA) is 94.8 Å². The smallest absolute Gasteiger partial charge is 0.368 e. The number of aliphatic hydroxyl groups excluding tert-OH is 1. The molecule has 3 rings (SSSR count). The average Bonchev–Trinajstić information content (AvgIpc) is 2.94. The number of hydrogen-bond acceptors (Lipinski definition) is 5. The van der Waals surface area contributed by atoms with Gasteiger partial charge in [-0.15, -0.1) is 0 Å². The van der Waals surface area contributed by atoms with E-state index in [0.717, 1.165) is 16.3 Å². The lowest BCUT2D eigenvalue weighted by atomic mass is 9.88. The Bertz CT molecular complexity index is 1740. The lowest BCUT2D eigenvalue weighted by Gasteiger charge is -2.28. The number of carbonyl (C=O) groups is 1. The number of nitrogens with zero attached hydrogens (tertiary/aromatic N) is 2. The summed E-state index contributed by atoms with van der Waals surface area (Å²) in [6, 6.07) is 0.0679. The van der Waals surface area contributed by atoms with Crippen molar-refractivity contribution in [2.45, 2.75) is 84.6 Å². The van der Waals surface area contributed by atoms with Crippen LogP contribution in [0.5, 0.6) is 0 Å². The van der Waals surface area contributed by atoms with Crippen molar-refractivity contribution in [2.75, 3.05) is 20.6 Å². The van der Waals surface area contributed by atoms with Crippen LogP contribution in [0, 0.1) is 38.3 Å². The number of halogens is 8. The minimum atomic E-state index is -5.35. The zero-order valence-corrected chi connectivity index (χ0v) is 28.7. The van der Waals surface area contributed by atoms with E-state index >= 15 is 8.78 Å². The van der Waals surface area contributed by atoms with Crippen LogP contribution in [0.2, 0.25) is 0 Å². The Kier molecular flexibility index (Phi) is 12.7. The molecule has 1 heterocycles. The number of rotatable bonds is 12. The highest BCUT2D eigenvalue weighted by molar-refractivity contribution is 5.81. The third kappa shape index (κ3) is 9.49. The Morgan fingerprint density at radius 2 is 1.44 bits per heavy atom. The van der Waals surface area contributed by atoms with E-state index in [2.05, 4.69) is 5.32 Å². The van der Waals surface area contributed by atoms with Crippen molar-refractivity contribution in [3.63, 3.8) is 0 Å². The van der Waals surface area contributed by atoms with Crippen LogP contribution in [0.15, 0.2) is 35.3 Å². The van der Waals surface area contributed by atoms with Gasteiger partial charge in [0.1, 0.15) is 17.7 Å². The molecule has 0 saturated heterocycles. The van der Waals surface area contributed by atoms with Crippen LogP contribution >= 0.6 is 0 Å². The SMILES string of the molecule is Cc1cc(C)c(-c2cc(C(F)(F)F)c(F)c([C@H](CC(O)O)NC(=O)[C@H](CC(C)C)n3cc(CCN(C)C)c(C(F)(F)F)cc3=O)c2F)c(C)c1. The molecule has 7 nitrogen and oxygen atoms in total. The summed E-state index contributed by atoms with van der Waals surface area (Å²) >= 11 is 0. The number of aryl methyl sites for hydroxylation is 3. The average molecular weight is 720 g/mol. The number of aliphatic hydroxyl groups is 2. The van der Waals surface area contributed by atoms with Gasteiger partial charge in [0.05, 0.1) is 17.2 Å². The quantitative estimate of drug-likeness (QED) is 0.139. The van der Waals surface area contributed by atoms with E-state index in [1.165, 1.54) is 13.8 Å². The normalized spacial score (nSPS) is 13.8. The van der Waals surface area contributed by atoms with Crippen LogP contribution in [0.3, 0.4) is 0 Å². The summed E-state index contributed by atoms with van der Waals surface area (Å²) in [4.78, 5) is 28.7. The van der Waals surface area contributed by atoms with Gasteiger partial charge in [-0.2, -0.15) is 26.3 Å². The van der Waals surface area contributed by atoms with Crippen LogP contribution in [0.25, 0.3) is 11.1 Å². The summed E-state index contributed by atoms with van der Waals surface area (Å²) < 4.78 is 118. The lowest BCUT2D eigenvalue weighted by molar-refractivity contribution is -0.140. The number of likely N-dealkylation sites (N-methyl/N-ethyl adjacent to an activating group) is 1. The van der Waals surface area contributed by atoms with Gasteiger partial charge in [0, 0.05) is 36.4 Å². The number of aromatic nitrogens is 1. The minimum absolute atomic E-state index is 0.0220. The third-order valence-electron chi connectivity index (χ3n) is 8.23. The highest BCUT2D eigenvalue weighted by atomic mass is 19.4. The predicted molar refractivity (Wildman–Crippen MR) is 171 cm³/mol. The molecule has 0 bridgehead atoms. The summed E-state index contributed by atoms with van der Waals surface area (Å²) in [5.74, 6) is -5.21. The molecule has 3 N–H and O–H groups in total. The molecule has 15 heteroatoms. The molecule has 1 aromatic heterocycles. The summed E-state index contributed by atoms with van der Waals surface area (Å²) in [7, 11) is 3.24. The van der Waals surface area contributed by atoms with Crippen molar-refractivity contribution in [3.8, 4) is 11.1 Å². The van der Waals surface area contributed by atoms with Crippen molar-refractivity contribution < 1.29 is 50.1 Å². The Balaban J connectivity index is 2.29.